The lowest BCUT2D eigenvalue weighted by atomic mass is 9.94. The van der Waals surface area contributed by atoms with Gasteiger partial charge in [0, 0.05) is 5.57 Å². The first-order valence-electron chi connectivity index (χ1n) is 8.94. The highest BCUT2D eigenvalue weighted by molar-refractivity contribution is 5.97. The van der Waals surface area contributed by atoms with Gasteiger partial charge in [-0.3, -0.25) is 9.59 Å². The number of hydrogen-bond donors (Lipinski definition) is 0. The van der Waals surface area contributed by atoms with Crippen LogP contribution in [0.2, 0.25) is 0 Å². The van der Waals surface area contributed by atoms with Crippen LogP contribution >= 0.6 is 0 Å². The fraction of sp³-hybridized carbons (Fsp3) is 0.737. The molecule has 25 heavy (non-hydrogen) atoms. The quantitative estimate of drug-likeness (QED) is 0.217. The maximum absolute atomic E-state index is 12.0. The molecule has 0 spiro atoms. The van der Waals surface area contributed by atoms with E-state index in [1.807, 2.05) is 0 Å². The van der Waals surface area contributed by atoms with E-state index in [0.29, 0.717) is 6.42 Å². The largest absolute Gasteiger partial charge is 0.469 e. The van der Waals surface area contributed by atoms with Gasteiger partial charge in [-0.25, -0.2) is 4.79 Å². The lowest BCUT2D eigenvalue weighted by Crippen LogP contribution is -2.27. The molecule has 1 unspecified atom stereocenters. The fourth-order valence-corrected chi connectivity index (χ4v) is 2.56. The molecule has 1 atom stereocenters. The minimum absolute atomic E-state index is 0.158. The average Bonchev–Trinajstić information content (AvgIpc) is 2.63. The van der Waals surface area contributed by atoms with Crippen molar-refractivity contribution in [1.82, 2.24) is 0 Å². The highest BCUT2D eigenvalue weighted by Gasteiger charge is 2.31. The zero-order valence-corrected chi connectivity index (χ0v) is 16.0. The van der Waals surface area contributed by atoms with Crippen molar-refractivity contribution in [3.63, 3.8) is 0 Å². The third-order valence-electron chi connectivity index (χ3n) is 4.05. The molecule has 0 radical (unpaired) electrons. The molecular weight excluding hydrogens is 324 g/mol. The fourth-order valence-electron chi connectivity index (χ4n) is 2.56. The lowest BCUT2D eigenvalue weighted by molar-refractivity contribution is -0.152. The monoisotopic (exact) mass is 356 g/mol. The number of allylic oxidation sites excluding steroid dienone is 1. The van der Waals surface area contributed by atoms with Crippen molar-refractivity contribution in [2.24, 2.45) is 5.92 Å². The van der Waals surface area contributed by atoms with Crippen LogP contribution in [0.3, 0.4) is 0 Å². The van der Waals surface area contributed by atoms with Gasteiger partial charge in [0.05, 0.1) is 33.7 Å². The summed E-state index contributed by atoms with van der Waals surface area (Å²) in [4.78, 5) is 35.6. The first kappa shape index (κ1) is 23.1. The first-order chi connectivity index (χ1) is 12.0. The van der Waals surface area contributed by atoms with Crippen LogP contribution in [0.5, 0.6) is 0 Å². The van der Waals surface area contributed by atoms with Gasteiger partial charge in [0.15, 0.2) is 0 Å². The van der Waals surface area contributed by atoms with Gasteiger partial charge in [0.2, 0.25) is 0 Å². The Hall–Kier alpha value is -1.85. The molecule has 0 aliphatic rings. The van der Waals surface area contributed by atoms with E-state index >= 15 is 0 Å². The molecule has 0 aliphatic carbocycles. The number of rotatable bonds is 13. The molecule has 0 heterocycles. The van der Waals surface area contributed by atoms with Crippen molar-refractivity contribution in [3.05, 3.63) is 11.6 Å². The van der Waals surface area contributed by atoms with Crippen molar-refractivity contribution in [2.45, 2.75) is 64.7 Å². The van der Waals surface area contributed by atoms with Crippen LogP contribution in [-0.2, 0) is 28.6 Å². The summed E-state index contributed by atoms with van der Waals surface area (Å²) in [6, 6.07) is 0. The summed E-state index contributed by atoms with van der Waals surface area (Å²) in [6.45, 7) is 2.19. The van der Waals surface area contributed by atoms with Gasteiger partial charge >= 0.3 is 17.9 Å². The molecule has 0 saturated carbocycles. The Morgan fingerprint density at radius 2 is 1.44 bits per heavy atom. The standard InChI is InChI=1S/C19H32O6/c1-5-6-7-8-9-10-11-12-13-15(18(21)24-3)16(19(22)25-4)14-17(20)23-2/h13,16H,5-12,14H2,1-4H3/b15-13+. The summed E-state index contributed by atoms with van der Waals surface area (Å²) < 4.78 is 14.1. The number of hydrogen-bond acceptors (Lipinski definition) is 6. The van der Waals surface area contributed by atoms with E-state index in [9.17, 15) is 14.4 Å². The number of carbonyl (C=O) groups excluding carboxylic acids is 3. The second kappa shape index (κ2) is 14.5. The predicted octanol–water partition coefficient (Wildman–Crippen LogP) is 3.58. The summed E-state index contributed by atoms with van der Waals surface area (Å²) in [6.07, 6.45) is 10.2. The molecule has 0 N–H and O–H groups in total. The smallest absolute Gasteiger partial charge is 0.334 e. The van der Waals surface area contributed by atoms with E-state index in [2.05, 4.69) is 11.7 Å². The second-order valence-electron chi connectivity index (χ2n) is 5.92. The Morgan fingerprint density at radius 3 is 1.96 bits per heavy atom. The van der Waals surface area contributed by atoms with Gasteiger partial charge in [-0.2, -0.15) is 0 Å². The molecule has 0 amide bonds. The van der Waals surface area contributed by atoms with Crippen LogP contribution in [0.4, 0.5) is 0 Å². The summed E-state index contributed by atoms with van der Waals surface area (Å²) in [5, 5.41) is 0. The minimum Gasteiger partial charge on any atom is -0.469 e. The van der Waals surface area contributed by atoms with Gasteiger partial charge in [-0.05, 0) is 12.8 Å². The van der Waals surface area contributed by atoms with Crippen molar-refractivity contribution in [2.75, 3.05) is 21.3 Å². The van der Waals surface area contributed by atoms with E-state index in [-0.39, 0.29) is 12.0 Å². The molecule has 0 bridgehead atoms. The Kier molecular flexibility index (Phi) is 13.4. The molecule has 0 saturated heterocycles. The van der Waals surface area contributed by atoms with Crippen molar-refractivity contribution >= 4 is 17.9 Å². The Bertz CT molecular complexity index is 441. The van der Waals surface area contributed by atoms with Crippen molar-refractivity contribution in [1.29, 1.82) is 0 Å². The third-order valence-corrected chi connectivity index (χ3v) is 4.05. The Morgan fingerprint density at radius 1 is 0.840 bits per heavy atom. The third kappa shape index (κ3) is 9.89. The highest BCUT2D eigenvalue weighted by Crippen LogP contribution is 2.21. The van der Waals surface area contributed by atoms with Gasteiger partial charge in [0.25, 0.3) is 0 Å². The first-order valence-corrected chi connectivity index (χ1v) is 8.94. The maximum Gasteiger partial charge on any atom is 0.334 e. The number of carbonyl (C=O) groups is 3. The minimum atomic E-state index is -1.01. The molecule has 144 valence electrons. The van der Waals surface area contributed by atoms with Crippen molar-refractivity contribution < 1.29 is 28.6 Å². The predicted molar refractivity (Wildman–Crippen MR) is 94.8 cm³/mol. The average molecular weight is 356 g/mol. The molecule has 6 nitrogen and oxygen atoms in total. The summed E-state index contributed by atoms with van der Waals surface area (Å²) >= 11 is 0. The number of methoxy groups -OCH3 is 3. The van der Waals surface area contributed by atoms with Gasteiger partial charge in [-0.1, -0.05) is 51.5 Å². The van der Waals surface area contributed by atoms with Gasteiger partial charge < -0.3 is 14.2 Å². The Labute approximate surface area is 150 Å². The van der Waals surface area contributed by atoms with Crippen LogP contribution in [0.1, 0.15) is 64.7 Å². The second-order valence-corrected chi connectivity index (χ2v) is 5.92. The molecule has 0 aromatic heterocycles. The zero-order valence-electron chi connectivity index (χ0n) is 16.0. The van der Waals surface area contributed by atoms with Gasteiger partial charge in [-0.15, -0.1) is 0 Å². The summed E-state index contributed by atoms with van der Waals surface area (Å²) in [5.41, 5.74) is 0.158. The molecule has 0 rings (SSSR count). The molecule has 0 aliphatic heterocycles. The highest BCUT2D eigenvalue weighted by atomic mass is 16.5. The van der Waals surface area contributed by atoms with Gasteiger partial charge in [0.1, 0.15) is 0 Å². The topological polar surface area (TPSA) is 78.9 Å². The molecule has 0 aromatic carbocycles. The Balaban J connectivity index is 4.79. The number of unbranched alkanes of at least 4 members (excludes halogenated alkanes) is 7. The van der Waals surface area contributed by atoms with E-state index in [1.54, 1.807) is 6.08 Å². The lowest BCUT2D eigenvalue weighted by Gasteiger charge is -2.16. The van der Waals surface area contributed by atoms with E-state index < -0.39 is 23.8 Å². The van der Waals surface area contributed by atoms with Crippen LogP contribution in [0.25, 0.3) is 0 Å². The van der Waals surface area contributed by atoms with Crippen LogP contribution in [0.15, 0.2) is 11.6 Å². The maximum atomic E-state index is 12.0. The van der Waals surface area contributed by atoms with Crippen LogP contribution in [-0.4, -0.2) is 39.2 Å². The van der Waals surface area contributed by atoms with E-state index in [4.69, 9.17) is 9.47 Å². The van der Waals surface area contributed by atoms with E-state index in [0.717, 1.165) is 19.3 Å². The van der Waals surface area contributed by atoms with Crippen molar-refractivity contribution in [3.8, 4) is 0 Å². The molecule has 0 aromatic rings. The summed E-state index contributed by atoms with van der Waals surface area (Å²) in [7, 11) is 3.70. The van der Waals surface area contributed by atoms with Crippen LogP contribution < -0.4 is 0 Å². The molecule has 6 heteroatoms. The zero-order chi connectivity index (χ0) is 19.1. The normalized spacial score (nSPS) is 12.4. The molecular formula is C19H32O6. The van der Waals surface area contributed by atoms with Crippen LogP contribution in [0, 0.1) is 5.92 Å². The number of ether oxygens (including phenoxy) is 3. The van der Waals surface area contributed by atoms with E-state index in [1.165, 1.54) is 47.0 Å². The SMILES string of the molecule is CCCCCCCCC/C=C(/C(=O)OC)C(CC(=O)OC)C(=O)OC. The summed E-state index contributed by atoms with van der Waals surface area (Å²) in [5.74, 6) is -2.86. The number of esters is 3. The molecule has 0 fully saturated rings.